The molecular weight excluding hydrogens is 204 g/mol. The van der Waals surface area contributed by atoms with Gasteiger partial charge < -0.3 is 0 Å². The SMILES string of the molecule is C=C/C=C(\SC)c1cc(C)cc(C=O)c1. The van der Waals surface area contributed by atoms with E-state index in [0.717, 1.165) is 22.3 Å². The number of rotatable bonds is 4. The second kappa shape index (κ2) is 5.56. The summed E-state index contributed by atoms with van der Waals surface area (Å²) in [5.74, 6) is 0. The molecule has 1 aromatic rings. The molecule has 1 nitrogen and oxygen atoms in total. The molecule has 15 heavy (non-hydrogen) atoms. The van der Waals surface area contributed by atoms with E-state index in [9.17, 15) is 4.79 Å². The number of aryl methyl sites for hydroxylation is 1. The fourth-order valence-electron chi connectivity index (χ4n) is 1.41. The molecule has 0 aromatic heterocycles. The minimum absolute atomic E-state index is 0.717. The average molecular weight is 218 g/mol. The Morgan fingerprint density at radius 1 is 1.40 bits per heavy atom. The number of hydrogen-bond acceptors (Lipinski definition) is 2. The highest BCUT2D eigenvalue weighted by Crippen LogP contribution is 2.26. The highest BCUT2D eigenvalue weighted by atomic mass is 32.2. The standard InChI is InChI=1S/C13H14OS/c1-4-5-13(15-3)12-7-10(2)6-11(8-12)9-14/h4-9H,1H2,2-3H3/b13-5-. The Labute approximate surface area is 94.9 Å². The molecule has 0 spiro atoms. The molecule has 0 saturated heterocycles. The molecule has 0 radical (unpaired) electrons. The molecule has 0 heterocycles. The van der Waals surface area contributed by atoms with Gasteiger partial charge in [-0.1, -0.05) is 18.7 Å². The van der Waals surface area contributed by atoms with Crippen molar-refractivity contribution >= 4 is 23.0 Å². The molecule has 0 N–H and O–H groups in total. The molecule has 0 bridgehead atoms. The number of carbonyl (C=O) groups excluding carboxylic acids is 1. The van der Waals surface area contributed by atoms with E-state index in [0.29, 0.717) is 5.56 Å². The molecule has 0 fully saturated rings. The number of hydrogen-bond donors (Lipinski definition) is 0. The van der Waals surface area contributed by atoms with Gasteiger partial charge in [-0.15, -0.1) is 11.8 Å². The van der Waals surface area contributed by atoms with Gasteiger partial charge in [0.05, 0.1) is 0 Å². The quantitative estimate of drug-likeness (QED) is 0.566. The van der Waals surface area contributed by atoms with Gasteiger partial charge in [0, 0.05) is 10.5 Å². The molecular formula is C13H14OS. The van der Waals surface area contributed by atoms with Crippen molar-refractivity contribution in [1.82, 2.24) is 0 Å². The smallest absolute Gasteiger partial charge is 0.150 e. The molecule has 1 rings (SSSR count). The van der Waals surface area contributed by atoms with Crippen LogP contribution in [-0.4, -0.2) is 12.5 Å². The first-order valence-corrected chi connectivity index (χ1v) is 5.87. The first-order chi connectivity index (χ1) is 7.21. The lowest BCUT2D eigenvalue weighted by atomic mass is 10.1. The molecule has 0 unspecified atom stereocenters. The number of allylic oxidation sites excluding steroid dienone is 2. The van der Waals surface area contributed by atoms with Crippen molar-refractivity contribution in [3.63, 3.8) is 0 Å². The zero-order chi connectivity index (χ0) is 11.3. The van der Waals surface area contributed by atoms with Gasteiger partial charge in [0.2, 0.25) is 0 Å². The van der Waals surface area contributed by atoms with E-state index < -0.39 is 0 Å². The molecule has 0 aliphatic rings. The fourth-order valence-corrected chi connectivity index (χ4v) is 2.00. The predicted octanol–water partition coefficient (Wildman–Crippen LogP) is 3.70. The van der Waals surface area contributed by atoms with Crippen LogP contribution in [0.2, 0.25) is 0 Å². The van der Waals surface area contributed by atoms with Gasteiger partial charge in [0.15, 0.2) is 0 Å². The van der Waals surface area contributed by atoms with Crippen molar-refractivity contribution in [1.29, 1.82) is 0 Å². The normalized spacial score (nSPS) is 11.2. The third-order valence-corrected chi connectivity index (χ3v) is 2.82. The second-order valence-corrected chi connectivity index (χ2v) is 4.07. The molecule has 0 saturated carbocycles. The lowest BCUT2D eigenvalue weighted by Crippen LogP contribution is -1.87. The largest absolute Gasteiger partial charge is 0.298 e. The lowest BCUT2D eigenvalue weighted by Gasteiger charge is -2.06. The Hall–Kier alpha value is -1.28. The minimum atomic E-state index is 0.717. The molecule has 1 aromatic carbocycles. The van der Waals surface area contributed by atoms with Gasteiger partial charge in [0.1, 0.15) is 6.29 Å². The van der Waals surface area contributed by atoms with Crippen LogP contribution >= 0.6 is 11.8 Å². The zero-order valence-corrected chi connectivity index (χ0v) is 9.80. The van der Waals surface area contributed by atoms with E-state index >= 15 is 0 Å². The van der Waals surface area contributed by atoms with Crippen LogP contribution in [0.1, 0.15) is 21.5 Å². The molecule has 0 aliphatic heterocycles. The molecule has 0 aliphatic carbocycles. The molecule has 0 amide bonds. The summed E-state index contributed by atoms with van der Waals surface area (Å²) in [4.78, 5) is 11.9. The van der Waals surface area contributed by atoms with Crippen LogP contribution < -0.4 is 0 Å². The minimum Gasteiger partial charge on any atom is -0.298 e. The van der Waals surface area contributed by atoms with Gasteiger partial charge in [-0.05, 0) is 42.5 Å². The maximum absolute atomic E-state index is 10.7. The number of thioether (sulfide) groups is 1. The Morgan fingerprint density at radius 2 is 2.13 bits per heavy atom. The van der Waals surface area contributed by atoms with Crippen LogP contribution in [0.3, 0.4) is 0 Å². The van der Waals surface area contributed by atoms with E-state index in [1.165, 1.54) is 0 Å². The van der Waals surface area contributed by atoms with Crippen LogP contribution in [0.15, 0.2) is 36.9 Å². The highest BCUT2D eigenvalue weighted by Gasteiger charge is 2.02. The summed E-state index contributed by atoms with van der Waals surface area (Å²) < 4.78 is 0. The van der Waals surface area contributed by atoms with Crippen molar-refractivity contribution in [2.24, 2.45) is 0 Å². The van der Waals surface area contributed by atoms with Crippen molar-refractivity contribution in [2.75, 3.05) is 6.26 Å². The van der Waals surface area contributed by atoms with Crippen molar-refractivity contribution in [3.05, 3.63) is 53.6 Å². The Kier molecular flexibility index (Phi) is 4.37. The second-order valence-electron chi connectivity index (χ2n) is 3.22. The predicted molar refractivity (Wildman–Crippen MR) is 68.3 cm³/mol. The molecule has 2 heteroatoms. The average Bonchev–Trinajstić information content (AvgIpc) is 2.24. The summed E-state index contributed by atoms with van der Waals surface area (Å²) >= 11 is 1.65. The third kappa shape index (κ3) is 3.10. The summed E-state index contributed by atoms with van der Waals surface area (Å²) in [7, 11) is 0. The van der Waals surface area contributed by atoms with Crippen LogP contribution in [-0.2, 0) is 0 Å². The Balaban J connectivity index is 3.23. The third-order valence-electron chi connectivity index (χ3n) is 2.01. The van der Waals surface area contributed by atoms with E-state index in [1.807, 2.05) is 31.4 Å². The maximum atomic E-state index is 10.7. The number of benzene rings is 1. The topological polar surface area (TPSA) is 17.1 Å². The van der Waals surface area contributed by atoms with E-state index in [2.05, 4.69) is 12.6 Å². The van der Waals surface area contributed by atoms with Crippen molar-refractivity contribution < 1.29 is 4.79 Å². The van der Waals surface area contributed by atoms with Crippen molar-refractivity contribution in [2.45, 2.75) is 6.92 Å². The van der Waals surface area contributed by atoms with E-state index in [-0.39, 0.29) is 0 Å². The molecule has 78 valence electrons. The summed E-state index contributed by atoms with van der Waals surface area (Å²) in [6.07, 6.45) is 6.60. The van der Waals surface area contributed by atoms with Gasteiger partial charge in [-0.25, -0.2) is 0 Å². The summed E-state index contributed by atoms with van der Waals surface area (Å²) in [5, 5.41) is 0. The highest BCUT2D eigenvalue weighted by molar-refractivity contribution is 8.07. The van der Waals surface area contributed by atoms with Crippen LogP contribution in [0.4, 0.5) is 0 Å². The Morgan fingerprint density at radius 3 is 2.67 bits per heavy atom. The lowest BCUT2D eigenvalue weighted by molar-refractivity contribution is 0.112. The van der Waals surface area contributed by atoms with Gasteiger partial charge >= 0.3 is 0 Å². The van der Waals surface area contributed by atoms with Crippen LogP contribution in [0.25, 0.3) is 4.91 Å². The van der Waals surface area contributed by atoms with Gasteiger partial charge in [-0.2, -0.15) is 0 Å². The van der Waals surface area contributed by atoms with Crippen LogP contribution in [0, 0.1) is 6.92 Å². The molecule has 0 atom stereocenters. The summed E-state index contributed by atoms with van der Waals surface area (Å²) in [5.41, 5.74) is 2.89. The number of aldehydes is 1. The monoisotopic (exact) mass is 218 g/mol. The van der Waals surface area contributed by atoms with Crippen LogP contribution in [0.5, 0.6) is 0 Å². The fraction of sp³-hybridized carbons (Fsp3) is 0.154. The van der Waals surface area contributed by atoms with E-state index in [1.54, 1.807) is 17.8 Å². The van der Waals surface area contributed by atoms with E-state index in [4.69, 9.17) is 0 Å². The summed E-state index contributed by atoms with van der Waals surface area (Å²) in [6.45, 7) is 5.67. The number of carbonyl (C=O) groups is 1. The first-order valence-electron chi connectivity index (χ1n) is 4.65. The zero-order valence-electron chi connectivity index (χ0n) is 8.99. The van der Waals surface area contributed by atoms with Crippen molar-refractivity contribution in [3.8, 4) is 0 Å². The Bertz CT molecular complexity index is 405. The van der Waals surface area contributed by atoms with Gasteiger partial charge in [-0.3, -0.25) is 4.79 Å². The van der Waals surface area contributed by atoms with Gasteiger partial charge in [0.25, 0.3) is 0 Å². The maximum Gasteiger partial charge on any atom is 0.150 e. The summed E-state index contributed by atoms with van der Waals surface area (Å²) in [6, 6.07) is 5.84. The first kappa shape index (κ1) is 11.8.